The van der Waals surface area contributed by atoms with E-state index in [4.69, 9.17) is 0 Å². The van der Waals surface area contributed by atoms with Crippen LogP contribution in [0.3, 0.4) is 0 Å². The number of methoxy groups -OCH3 is 1. The van der Waals surface area contributed by atoms with Crippen molar-refractivity contribution in [2.45, 2.75) is 32.6 Å². The molecular weight excluding hydrogens is 168 g/mol. The Balaban J connectivity index is 2.73. The lowest BCUT2D eigenvalue weighted by Gasteiger charge is -2.27. The van der Waals surface area contributed by atoms with Gasteiger partial charge >= 0.3 is 5.97 Å². The Bertz CT molecular complexity index is 202. The van der Waals surface area contributed by atoms with E-state index in [1.165, 1.54) is 7.11 Å². The largest absolute Gasteiger partial charge is 0.468 e. The number of carbonyl (C=O) groups excluding carboxylic acids is 2. The molecule has 2 atom stereocenters. The van der Waals surface area contributed by atoms with Crippen LogP contribution < -0.4 is 0 Å². The molecule has 0 aromatic rings. The maximum absolute atomic E-state index is 11.5. The van der Waals surface area contributed by atoms with E-state index in [1.807, 2.05) is 6.92 Å². The third-order valence-electron chi connectivity index (χ3n) is 2.80. The molecule has 0 radical (unpaired) electrons. The first-order valence-electron chi connectivity index (χ1n) is 4.81. The van der Waals surface area contributed by atoms with Crippen LogP contribution in [-0.4, -0.2) is 18.9 Å². The van der Waals surface area contributed by atoms with Crippen LogP contribution in [0.25, 0.3) is 0 Å². The summed E-state index contributed by atoms with van der Waals surface area (Å²) in [6, 6.07) is 0. The van der Waals surface area contributed by atoms with Crippen LogP contribution in [0.2, 0.25) is 0 Å². The summed E-state index contributed by atoms with van der Waals surface area (Å²) in [5, 5.41) is 0. The van der Waals surface area contributed by atoms with Crippen LogP contribution in [0.15, 0.2) is 0 Å². The molecule has 0 heterocycles. The molecule has 0 bridgehead atoms. The highest BCUT2D eigenvalue weighted by Crippen LogP contribution is 2.30. The fourth-order valence-electron chi connectivity index (χ4n) is 2.01. The lowest BCUT2D eigenvalue weighted by molar-refractivity contribution is -0.153. The fourth-order valence-corrected chi connectivity index (χ4v) is 2.01. The number of hydrogen-bond donors (Lipinski definition) is 0. The predicted molar refractivity (Wildman–Crippen MR) is 48.1 cm³/mol. The number of ether oxygens (including phenoxy) is 1. The minimum absolute atomic E-state index is 0.0601. The number of esters is 1. The van der Waals surface area contributed by atoms with Gasteiger partial charge in [-0.2, -0.15) is 0 Å². The maximum Gasteiger partial charge on any atom is 0.316 e. The minimum Gasteiger partial charge on any atom is -0.468 e. The molecule has 0 unspecified atom stereocenters. The summed E-state index contributed by atoms with van der Waals surface area (Å²) in [6.45, 7) is 2.01. The molecule has 1 fully saturated rings. The minimum atomic E-state index is -0.483. The quantitative estimate of drug-likeness (QED) is 0.483. The molecule has 1 aliphatic rings. The Hall–Kier alpha value is -0.860. The van der Waals surface area contributed by atoms with Gasteiger partial charge in [-0.25, -0.2) is 0 Å². The van der Waals surface area contributed by atoms with Crippen LogP contribution in [0, 0.1) is 11.8 Å². The average molecular weight is 184 g/mol. The van der Waals surface area contributed by atoms with E-state index in [1.54, 1.807) is 0 Å². The van der Waals surface area contributed by atoms with E-state index >= 15 is 0 Å². The van der Waals surface area contributed by atoms with Crippen LogP contribution in [0.1, 0.15) is 32.6 Å². The van der Waals surface area contributed by atoms with E-state index in [2.05, 4.69) is 4.74 Å². The zero-order valence-electron chi connectivity index (χ0n) is 8.21. The zero-order chi connectivity index (χ0) is 9.84. The van der Waals surface area contributed by atoms with Gasteiger partial charge in [-0.3, -0.25) is 9.59 Å². The highest BCUT2D eigenvalue weighted by Gasteiger charge is 2.36. The summed E-state index contributed by atoms with van der Waals surface area (Å²) in [6.07, 6.45) is 3.31. The van der Waals surface area contributed by atoms with E-state index in [9.17, 15) is 9.59 Å². The predicted octanol–water partition coefficient (Wildman–Crippen LogP) is 1.55. The molecule has 0 spiro atoms. The first-order valence-corrected chi connectivity index (χ1v) is 4.81. The third kappa shape index (κ3) is 2.08. The van der Waals surface area contributed by atoms with Gasteiger partial charge in [0.05, 0.1) is 7.11 Å². The van der Waals surface area contributed by atoms with Crippen molar-refractivity contribution in [2.24, 2.45) is 11.8 Å². The first kappa shape index (κ1) is 10.2. The van der Waals surface area contributed by atoms with E-state index in [0.29, 0.717) is 6.42 Å². The molecule has 0 saturated heterocycles. The maximum atomic E-state index is 11.5. The Kier molecular flexibility index (Phi) is 3.46. The molecule has 0 amide bonds. The van der Waals surface area contributed by atoms with E-state index < -0.39 is 5.92 Å². The highest BCUT2D eigenvalue weighted by atomic mass is 16.5. The van der Waals surface area contributed by atoms with Gasteiger partial charge in [0, 0.05) is 6.42 Å². The molecule has 3 nitrogen and oxygen atoms in total. The Labute approximate surface area is 78.5 Å². The average Bonchev–Trinajstić information content (AvgIpc) is 2.16. The van der Waals surface area contributed by atoms with Gasteiger partial charge in [0.15, 0.2) is 0 Å². The standard InChI is InChI=1S/C10H16O3/c1-3-7-5-4-6-8(11)9(7)10(12)13-2/h7,9H,3-6H2,1-2H3/t7-,9+/m0/s1. The molecule has 1 saturated carbocycles. The van der Waals surface area contributed by atoms with Crippen molar-refractivity contribution in [1.82, 2.24) is 0 Å². The van der Waals surface area contributed by atoms with Gasteiger partial charge in [0.2, 0.25) is 0 Å². The van der Waals surface area contributed by atoms with Gasteiger partial charge in [-0.15, -0.1) is 0 Å². The zero-order valence-corrected chi connectivity index (χ0v) is 8.21. The normalized spacial score (nSPS) is 28.6. The monoisotopic (exact) mass is 184 g/mol. The van der Waals surface area contributed by atoms with E-state index in [0.717, 1.165) is 19.3 Å². The summed E-state index contributed by atoms with van der Waals surface area (Å²) in [5.41, 5.74) is 0. The molecular formula is C10H16O3. The van der Waals surface area contributed by atoms with E-state index in [-0.39, 0.29) is 17.7 Å². The Morgan fingerprint density at radius 3 is 2.85 bits per heavy atom. The topological polar surface area (TPSA) is 43.4 Å². The van der Waals surface area contributed by atoms with Crippen molar-refractivity contribution in [3.63, 3.8) is 0 Å². The number of ketones is 1. The van der Waals surface area contributed by atoms with Crippen LogP contribution in [-0.2, 0) is 14.3 Å². The highest BCUT2D eigenvalue weighted by molar-refractivity contribution is 5.99. The SMILES string of the molecule is CC[C@H]1CCCC(=O)[C@@H]1C(=O)OC. The fraction of sp³-hybridized carbons (Fsp3) is 0.800. The molecule has 1 aliphatic carbocycles. The third-order valence-corrected chi connectivity index (χ3v) is 2.80. The summed E-state index contributed by atoms with van der Waals surface area (Å²) >= 11 is 0. The molecule has 0 aromatic heterocycles. The van der Waals surface area contributed by atoms with Crippen LogP contribution in [0.4, 0.5) is 0 Å². The lowest BCUT2D eigenvalue weighted by atomic mass is 9.77. The summed E-state index contributed by atoms with van der Waals surface area (Å²) in [7, 11) is 1.34. The van der Waals surface area contributed by atoms with Gasteiger partial charge in [-0.1, -0.05) is 13.3 Å². The number of carbonyl (C=O) groups is 2. The van der Waals surface area contributed by atoms with Gasteiger partial charge in [0.1, 0.15) is 11.7 Å². The molecule has 1 rings (SSSR count). The summed E-state index contributed by atoms with van der Waals surface area (Å²) < 4.78 is 4.63. The van der Waals surface area contributed by atoms with Crippen molar-refractivity contribution in [2.75, 3.05) is 7.11 Å². The summed E-state index contributed by atoms with van der Waals surface area (Å²) in [4.78, 5) is 22.8. The second kappa shape index (κ2) is 4.40. The Morgan fingerprint density at radius 1 is 1.62 bits per heavy atom. The van der Waals surface area contributed by atoms with Crippen molar-refractivity contribution in [3.05, 3.63) is 0 Å². The summed E-state index contributed by atoms with van der Waals surface area (Å²) in [5.74, 6) is -0.570. The molecule has 13 heavy (non-hydrogen) atoms. The second-order valence-corrected chi connectivity index (χ2v) is 3.53. The smallest absolute Gasteiger partial charge is 0.316 e. The molecule has 74 valence electrons. The van der Waals surface area contributed by atoms with Crippen molar-refractivity contribution >= 4 is 11.8 Å². The number of hydrogen-bond acceptors (Lipinski definition) is 3. The van der Waals surface area contributed by atoms with Crippen molar-refractivity contribution in [1.29, 1.82) is 0 Å². The Morgan fingerprint density at radius 2 is 2.31 bits per heavy atom. The van der Waals surface area contributed by atoms with Gasteiger partial charge in [-0.05, 0) is 18.8 Å². The molecule has 3 heteroatoms. The van der Waals surface area contributed by atoms with Crippen molar-refractivity contribution in [3.8, 4) is 0 Å². The number of Topliss-reactive ketones (excluding diaryl/α,β-unsaturated/α-hetero) is 1. The first-order chi connectivity index (χ1) is 6.20. The van der Waals surface area contributed by atoms with Crippen LogP contribution in [0.5, 0.6) is 0 Å². The lowest BCUT2D eigenvalue weighted by Crippen LogP contribution is -2.35. The number of rotatable bonds is 2. The molecule has 0 aromatic carbocycles. The van der Waals surface area contributed by atoms with Crippen LogP contribution >= 0.6 is 0 Å². The second-order valence-electron chi connectivity index (χ2n) is 3.53. The van der Waals surface area contributed by atoms with Gasteiger partial charge in [0.25, 0.3) is 0 Å². The van der Waals surface area contributed by atoms with Crippen molar-refractivity contribution < 1.29 is 14.3 Å². The van der Waals surface area contributed by atoms with Gasteiger partial charge < -0.3 is 4.74 Å². The molecule has 0 N–H and O–H groups in total. The molecule has 0 aliphatic heterocycles.